The lowest BCUT2D eigenvalue weighted by atomic mass is 10.1. The van der Waals surface area contributed by atoms with Gasteiger partial charge < -0.3 is 14.8 Å². The summed E-state index contributed by atoms with van der Waals surface area (Å²) >= 11 is 0. The van der Waals surface area contributed by atoms with Crippen LogP contribution in [0, 0.1) is 0 Å². The minimum Gasteiger partial charge on any atom is -0.382 e. The molecule has 1 aliphatic rings. The summed E-state index contributed by atoms with van der Waals surface area (Å²) in [6, 6.07) is 0.683. The van der Waals surface area contributed by atoms with E-state index in [1.807, 2.05) is 0 Å². The molecule has 1 aliphatic heterocycles. The number of nitrogens with one attached hydrogen (secondary N) is 1. The monoisotopic (exact) mass is 244 g/mol. The number of methoxy groups -OCH3 is 1. The third-order valence-electron chi connectivity index (χ3n) is 3.17. The molecule has 0 aromatic heterocycles. The molecular formula is C13H28N2O2. The van der Waals surface area contributed by atoms with Crippen molar-refractivity contribution in [1.29, 1.82) is 0 Å². The van der Waals surface area contributed by atoms with Crippen molar-refractivity contribution in [3.8, 4) is 0 Å². The number of hydrogen-bond donors (Lipinski definition) is 1. The lowest BCUT2D eigenvalue weighted by Gasteiger charge is -2.33. The first-order valence-electron chi connectivity index (χ1n) is 6.89. The molecule has 0 aromatic rings. The zero-order chi connectivity index (χ0) is 12.3. The number of likely N-dealkylation sites (tertiary alicyclic amines) is 1. The third kappa shape index (κ3) is 6.99. The van der Waals surface area contributed by atoms with E-state index in [0.717, 1.165) is 19.7 Å². The molecule has 17 heavy (non-hydrogen) atoms. The van der Waals surface area contributed by atoms with Crippen LogP contribution in [0.2, 0.25) is 0 Å². The molecule has 0 bridgehead atoms. The molecule has 0 aliphatic carbocycles. The predicted octanol–water partition coefficient (Wildman–Crippen LogP) is 1.11. The lowest BCUT2D eigenvalue weighted by Crippen LogP contribution is -2.46. The fraction of sp³-hybridized carbons (Fsp3) is 1.00. The van der Waals surface area contributed by atoms with Crippen LogP contribution in [0.3, 0.4) is 0 Å². The maximum atomic E-state index is 5.51. The number of piperidine rings is 1. The van der Waals surface area contributed by atoms with Gasteiger partial charge in [-0.25, -0.2) is 0 Å². The average Bonchev–Trinajstić information content (AvgIpc) is 2.37. The van der Waals surface area contributed by atoms with Crippen LogP contribution >= 0.6 is 0 Å². The van der Waals surface area contributed by atoms with Crippen molar-refractivity contribution >= 4 is 0 Å². The second-order valence-electron chi connectivity index (χ2n) is 4.70. The smallest absolute Gasteiger partial charge is 0.0700 e. The van der Waals surface area contributed by atoms with Crippen LogP contribution < -0.4 is 5.32 Å². The van der Waals surface area contributed by atoms with E-state index < -0.39 is 0 Å². The van der Waals surface area contributed by atoms with Gasteiger partial charge in [0.05, 0.1) is 19.8 Å². The van der Waals surface area contributed by atoms with Gasteiger partial charge in [0.2, 0.25) is 0 Å². The molecule has 1 saturated heterocycles. The highest BCUT2D eigenvalue weighted by Crippen LogP contribution is 2.09. The molecule has 1 unspecified atom stereocenters. The first-order chi connectivity index (χ1) is 8.36. The van der Waals surface area contributed by atoms with Crippen LogP contribution in [0.25, 0.3) is 0 Å². The molecule has 1 fully saturated rings. The molecule has 1 heterocycles. The van der Waals surface area contributed by atoms with Crippen molar-refractivity contribution in [3.05, 3.63) is 0 Å². The fourth-order valence-corrected chi connectivity index (χ4v) is 2.21. The summed E-state index contributed by atoms with van der Waals surface area (Å²) in [5, 5.41) is 3.61. The Kier molecular flexibility index (Phi) is 8.61. The van der Waals surface area contributed by atoms with Gasteiger partial charge in [0.15, 0.2) is 0 Å². The van der Waals surface area contributed by atoms with Gasteiger partial charge in [-0.15, -0.1) is 0 Å². The topological polar surface area (TPSA) is 33.7 Å². The first-order valence-corrected chi connectivity index (χ1v) is 6.89. The van der Waals surface area contributed by atoms with E-state index in [1.54, 1.807) is 7.11 Å². The highest BCUT2D eigenvalue weighted by Gasteiger charge is 2.18. The summed E-state index contributed by atoms with van der Waals surface area (Å²) in [5.74, 6) is 0. The maximum absolute atomic E-state index is 5.51. The van der Waals surface area contributed by atoms with Crippen molar-refractivity contribution in [1.82, 2.24) is 10.2 Å². The SMILES string of the molecule is CCCNC1CCCN(CCOCCOC)C1. The lowest BCUT2D eigenvalue weighted by molar-refractivity contribution is 0.0516. The average molecular weight is 244 g/mol. The second kappa shape index (κ2) is 9.83. The molecular weight excluding hydrogens is 216 g/mol. The zero-order valence-electron chi connectivity index (χ0n) is 11.4. The van der Waals surface area contributed by atoms with Gasteiger partial charge in [-0.3, -0.25) is 4.90 Å². The molecule has 4 nitrogen and oxygen atoms in total. The van der Waals surface area contributed by atoms with Crippen LogP contribution in [-0.2, 0) is 9.47 Å². The predicted molar refractivity (Wildman–Crippen MR) is 70.5 cm³/mol. The maximum Gasteiger partial charge on any atom is 0.0700 e. The Balaban J connectivity index is 2.03. The molecule has 1 atom stereocenters. The summed E-state index contributed by atoms with van der Waals surface area (Å²) in [7, 11) is 1.71. The van der Waals surface area contributed by atoms with Crippen LogP contribution in [0.15, 0.2) is 0 Å². The summed E-state index contributed by atoms with van der Waals surface area (Å²) in [6.45, 7) is 9.03. The van der Waals surface area contributed by atoms with Crippen molar-refractivity contribution in [2.24, 2.45) is 0 Å². The van der Waals surface area contributed by atoms with E-state index in [0.29, 0.717) is 19.3 Å². The molecule has 1 N–H and O–H groups in total. The normalized spacial score (nSPS) is 21.9. The Morgan fingerprint density at radius 3 is 2.94 bits per heavy atom. The van der Waals surface area contributed by atoms with E-state index in [9.17, 15) is 0 Å². The van der Waals surface area contributed by atoms with Crippen molar-refractivity contribution in [2.45, 2.75) is 32.2 Å². The van der Waals surface area contributed by atoms with Gasteiger partial charge in [-0.2, -0.15) is 0 Å². The third-order valence-corrected chi connectivity index (χ3v) is 3.17. The molecule has 4 heteroatoms. The molecule has 0 radical (unpaired) electrons. The number of nitrogens with zero attached hydrogens (tertiary/aromatic N) is 1. The van der Waals surface area contributed by atoms with Gasteiger partial charge >= 0.3 is 0 Å². The Bertz CT molecular complexity index is 179. The second-order valence-corrected chi connectivity index (χ2v) is 4.70. The Morgan fingerprint density at radius 2 is 2.18 bits per heavy atom. The van der Waals surface area contributed by atoms with Crippen LogP contribution in [0.5, 0.6) is 0 Å². The van der Waals surface area contributed by atoms with Gasteiger partial charge in [0.1, 0.15) is 0 Å². The van der Waals surface area contributed by atoms with Gasteiger partial charge in [-0.05, 0) is 32.4 Å². The van der Waals surface area contributed by atoms with E-state index in [1.165, 1.54) is 32.4 Å². The van der Waals surface area contributed by atoms with Crippen molar-refractivity contribution in [2.75, 3.05) is 53.1 Å². The number of ether oxygens (including phenoxy) is 2. The molecule has 1 rings (SSSR count). The fourth-order valence-electron chi connectivity index (χ4n) is 2.21. The standard InChI is InChI=1S/C13H28N2O2/c1-3-6-14-13-5-4-7-15(12-13)8-9-17-11-10-16-2/h13-14H,3-12H2,1-2H3. The van der Waals surface area contributed by atoms with E-state index in [-0.39, 0.29) is 0 Å². The van der Waals surface area contributed by atoms with Gasteiger partial charge in [0, 0.05) is 26.2 Å². The number of hydrogen-bond acceptors (Lipinski definition) is 4. The van der Waals surface area contributed by atoms with Gasteiger partial charge in [-0.1, -0.05) is 6.92 Å². The largest absolute Gasteiger partial charge is 0.382 e. The molecule has 102 valence electrons. The Labute approximate surface area is 106 Å². The molecule has 0 saturated carbocycles. The van der Waals surface area contributed by atoms with E-state index in [4.69, 9.17) is 9.47 Å². The molecule has 0 aromatic carbocycles. The Hall–Kier alpha value is -0.160. The summed E-state index contributed by atoms with van der Waals surface area (Å²) in [4.78, 5) is 2.50. The van der Waals surface area contributed by atoms with Gasteiger partial charge in [0.25, 0.3) is 0 Å². The molecule has 0 spiro atoms. The van der Waals surface area contributed by atoms with Crippen LogP contribution in [0.4, 0.5) is 0 Å². The van der Waals surface area contributed by atoms with Crippen molar-refractivity contribution < 1.29 is 9.47 Å². The van der Waals surface area contributed by atoms with E-state index >= 15 is 0 Å². The summed E-state index contributed by atoms with van der Waals surface area (Å²) in [5.41, 5.74) is 0. The van der Waals surface area contributed by atoms with E-state index in [2.05, 4.69) is 17.1 Å². The Morgan fingerprint density at radius 1 is 1.29 bits per heavy atom. The molecule has 0 amide bonds. The number of rotatable bonds is 9. The quantitative estimate of drug-likeness (QED) is 0.616. The first kappa shape index (κ1) is 14.9. The minimum atomic E-state index is 0.683. The van der Waals surface area contributed by atoms with Crippen LogP contribution in [0.1, 0.15) is 26.2 Å². The zero-order valence-corrected chi connectivity index (χ0v) is 11.4. The highest BCUT2D eigenvalue weighted by molar-refractivity contribution is 4.77. The summed E-state index contributed by atoms with van der Waals surface area (Å²) < 4.78 is 10.5. The van der Waals surface area contributed by atoms with Crippen molar-refractivity contribution in [3.63, 3.8) is 0 Å². The highest BCUT2D eigenvalue weighted by atomic mass is 16.5. The summed E-state index contributed by atoms with van der Waals surface area (Å²) in [6.07, 6.45) is 3.84. The van der Waals surface area contributed by atoms with Crippen LogP contribution in [-0.4, -0.2) is 64.1 Å². The minimum absolute atomic E-state index is 0.683.